The van der Waals surface area contributed by atoms with Crippen molar-refractivity contribution >= 4 is 9.84 Å². The number of sulfone groups is 1. The molecule has 6 heteroatoms. The SMILES string of the molecule is COc1ccc([C@@H]2[C@H](S(=O)(=O)c3ccccc3)[C@@]2(CN)CO)cc1. The molecule has 2 aromatic rings. The second-order valence-corrected chi connectivity index (χ2v) is 8.19. The minimum atomic E-state index is -3.58. The molecule has 1 fully saturated rings. The van der Waals surface area contributed by atoms with Crippen molar-refractivity contribution in [2.45, 2.75) is 16.1 Å². The van der Waals surface area contributed by atoms with Gasteiger partial charge in [0, 0.05) is 17.9 Å². The van der Waals surface area contributed by atoms with E-state index in [4.69, 9.17) is 10.5 Å². The normalized spacial score (nSPS) is 26.1. The number of hydrogen-bond acceptors (Lipinski definition) is 5. The third-order valence-corrected chi connectivity index (χ3v) is 7.27. The molecule has 1 aliphatic rings. The molecule has 1 aliphatic carbocycles. The Kier molecular flexibility index (Phi) is 4.38. The van der Waals surface area contributed by atoms with Gasteiger partial charge in [-0.1, -0.05) is 30.3 Å². The molecule has 0 amide bonds. The third-order valence-electron chi connectivity index (χ3n) is 4.94. The molecule has 0 saturated heterocycles. The Hall–Kier alpha value is -1.89. The van der Waals surface area contributed by atoms with Gasteiger partial charge in [0.05, 0.1) is 23.9 Å². The smallest absolute Gasteiger partial charge is 0.182 e. The van der Waals surface area contributed by atoms with Gasteiger partial charge in [-0.05, 0) is 29.8 Å². The summed E-state index contributed by atoms with van der Waals surface area (Å²) < 4.78 is 31.2. The van der Waals surface area contributed by atoms with Crippen LogP contribution in [-0.2, 0) is 9.84 Å². The Morgan fingerprint density at radius 1 is 1.12 bits per heavy atom. The van der Waals surface area contributed by atoms with E-state index in [1.54, 1.807) is 49.6 Å². The Morgan fingerprint density at radius 3 is 2.25 bits per heavy atom. The molecule has 0 bridgehead atoms. The topological polar surface area (TPSA) is 89.6 Å². The lowest BCUT2D eigenvalue weighted by molar-refractivity contribution is 0.212. The zero-order chi connectivity index (χ0) is 17.4. The third kappa shape index (κ3) is 2.51. The monoisotopic (exact) mass is 347 g/mol. The quantitative estimate of drug-likeness (QED) is 0.828. The van der Waals surface area contributed by atoms with Crippen LogP contribution in [0, 0.1) is 5.41 Å². The summed E-state index contributed by atoms with van der Waals surface area (Å²) in [6.45, 7) is -0.159. The molecule has 1 saturated carbocycles. The number of ether oxygens (including phenoxy) is 1. The first-order valence-corrected chi connectivity index (χ1v) is 9.29. The number of rotatable bonds is 6. The van der Waals surface area contributed by atoms with Crippen molar-refractivity contribution in [1.29, 1.82) is 0 Å². The maximum Gasteiger partial charge on any atom is 0.182 e. The van der Waals surface area contributed by atoms with Gasteiger partial charge in [0.15, 0.2) is 9.84 Å². The van der Waals surface area contributed by atoms with E-state index in [-0.39, 0.29) is 24.0 Å². The fourth-order valence-electron chi connectivity index (χ4n) is 3.51. The van der Waals surface area contributed by atoms with Crippen molar-refractivity contribution in [2.24, 2.45) is 11.1 Å². The van der Waals surface area contributed by atoms with E-state index >= 15 is 0 Å². The summed E-state index contributed by atoms with van der Waals surface area (Å²) in [5.41, 5.74) is 5.88. The summed E-state index contributed by atoms with van der Waals surface area (Å²) in [7, 11) is -2.01. The van der Waals surface area contributed by atoms with Crippen LogP contribution in [0.15, 0.2) is 59.5 Å². The Balaban J connectivity index is 2.02. The van der Waals surface area contributed by atoms with Crippen LogP contribution < -0.4 is 10.5 Å². The summed E-state index contributed by atoms with van der Waals surface area (Å²) in [5.74, 6) is 0.368. The van der Waals surface area contributed by atoms with Gasteiger partial charge in [0.1, 0.15) is 5.75 Å². The summed E-state index contributed by atoms with van der Waals surface area (Å²) in [5, 5.41) is 9.17. The van der Waals surface area contributed by atoms with Crippen LogP contribution in [0.4, 0.5) is 0 Å². The predicted octanol–water partition coefficient (Wildman–Crippen LogP) is 1.57. The van der Waals surface area contributed by atoms with Gasteiger partial charge in [0.25, 0.3) is 0 Å². The van der Waals surface area contributed by atoms with Crippen LogP contribution in [0.2, 0.25) is 0 Å². The molecule has 2 aromatic carbocycles. The van der Waals surface area contributed by atoms with Gasteiger partial charge in [-0.3, -0.25) is 0 Å². The highest BCUT2D eigenvalue weighted by molar-refractivity contribution is 7.92. The molecule has 0 spiro atoms. The van der Waals surface area contributed by atoms with Gasteiger partial charge in [0.2, 0.25) is 0 Å². The fraction of sp³-hybridized carbons (Fsp3) is 0.333. The van der Waals surface area contributed by atoms with Crippen LogP contribution in [0.3, 0.4) is 0 Å². The van der Waals surface area contributed by atoms with E-state index in [9.17, 15) is 13.5 Å². The van der Waals surface area contributed by atoms with Crippen molar-refractivity contribution in [2.75, 3.05) is 20.3 Å². The first-order chi connectivity index (χ1) is 11.5. The summed E-state index contributed by atoms with van der Waals surface area (Å²) in [6.07, 6.45) is 0. The highest BCUT2D eigenvalue weighted by atomic mass is 32.2. The Morgan fingerprint density at radius 2 is 1.75 bits per heavy atom. The molecule has 0 heterocycles. The van der Waals surface area contributed by atoms with E-state index in [2.05, 4.69) is 0 Å². The zero-order valence-corrected chi connectivity index (χ0v) is 14.2. The second kappa shape index (κ2) is 6.20. The number of hydrogen-bond donors (Lipinski definition) is 2. The standard InChI is InChI=1S/C18H21NO4S/c1-23-14-9-7-13(8-10-14)16-17(18(16,11-19)12-20)24(21,22)15-5-3-2-4-6-15/h2-10,16-17,20H,11-12,19H2,1H3/t16-,17+,18+/m1/s1. The van der Waals surface area contributed by atoms with Crippen molar-refractivity contribution in [3.63, 3.8) is 0 Å². The number of nitrogens with two attached hydrogens (primary N) is 1. The molecule has 3 N–H and O–H groups in total. The van der Waals surface area contributed by atoms with Crippen LogP contribution >= 0.6 is 0 Å². The summed E-state index contributed by atoms with van der Waals surface area (Å²) in [6, 6.07) is 15.6. The highest BCUT2D eigenvalue weighted by Crippen LogP contribution is 2.63. The van der Waals surface area contributed by atoms with E-state index in [0.29, 0.717) is 5.75 Å². The Bertz CT molecular complexity index is 799. The van der Waals surface area contributed by atoms with Crippen LogP contribution in [0.1, 0.15) is 11.5 Å². The lowest BCUT2D eigenvalue weighted by Crippen LogP contribution is -2.27. The maximum absolute atomic E-state index is 13.0. The second-order valence-electron chi connectivity index (χ2n) is 6.12. The van der Waals surface area contributed by atoms with E-state index in [1.807, 2.05) is 12.1 Å². The maximum atomic E-state index is 13.0. The number of aliphatic hydroxyl groups excluding tert-OH is 1. The fourth-order valence-corrected chi connectivity index (χ4v) is 5.99. The highest BCUT2D eigenvalue weighted by Gasteiger charge is 2.70. The first-order valence-electron chi connectivity index (χ1n) is 7.75. The molecular formula is C18H21NO4S. The van der Waals surface area contributed by atoms with Crippen LogP contribution in [0.5, 0.6) is 5.75 Å². The van der Waals surface area contributed by atoms with Gasteiger partial charge in [-0.2, -0.15) is 0 Å². The van der Waals surface area contributed by atoms with E-state index in [1.165, 1.54) is 0 Å². The van der Waals surface area contributed by atoms with Crippen molar-refractivity contribution in [3.8, 4) is 5.75 Å². The molecule has 0 aliphatic heterocycles. The van der Waals surface area contributed by atoms with Crippen LogP contribution in [0.25, 0.3) is 0 Å². The Labute approximate surface area is 142 Å². The van der Waals surface area contributed by atoms with Gasteiger partial charge in [-0.15, -0.1) is 0 Å². The summed E-state index contributed by atoms with van der Waals surface area (Å²) in [4.78, 5) is 0.261. The molecule has 3 rings (SSSR count). The van der Waals surface area contributed by atoms with E-state index < -0.39 is 20.5 Å². The molecule has 24 heavy (non-hydrogen) atoms. The molecule has 128 valence electrons. The largest absolute Gasteiger partial charge is 0.497 e. The molecule has 0 unspecified atom stereocenters. The lowest BCUT2D eigenvalue weighted by Gasteiger charge is -2.12. The van der Waals surface area contributed by atoms with Crippen molar-refractivity contribution < 1.29 is 18.3 Å². The van der Waals surface area contributed by atoms with Gasteiger partial charge < -0.3 is 15.6 Å². The molecular weight excluding hydrogens is 326 g/mol. The van der Waals surface area contributed by atoms with Crippen molar-refractivity contribution in [1.82, 2.24) is 0 Å². The number of methoxy groups -OCH3 is 1. The number of benzene rings is 2. The minimum absolute atomic E-state index is 0.108. The molecule has 5 nitrogen and oxygen atoms in total. The molecule has 3 atom stereocenters. The summed E-state index contributed by atoms with van der Waals surface area (Å²) >= 11 is 0. The lowest BCUT2D eigenvalue weighted by atomic mass is 10.00. The number of aliphatic hydroxyl groups is 1. The molecule has 0 radical (unpaired) electrons. The zero-order valence-electron chi connectivity index (χ0n) is 13.4. The minimum Gasteiger partial charge on any atom is -0.497 e. The molecule has 0 aromatic heterocycles. The van der Waals surface area contributed by atoms with Crippen LogP contribution in [-0.4, -0.2) is 39.0 Å². The average molecular weight is 347 g/mol. The predicted molar refractivity (Wildman–Crippen MR) is 91.7 cm³/mol. The van der Waals surface area contributed by atoms with Crippen molar-refractivity contribution in [3.05, 3.63) is 60.2 Å². The van der Waals surface area contributed by atoms with Gasteiger partial charge in [-0.25, -0.2) is 8.42 Å². The van der Waals surface area contributed by atoms with Gasteiger partial charge >= 0.3 is 0 Å². The van der Waals surface area contributed by atoms with E-state index in [0.717, 1.165) is 5.56 Å². The first kappa shape index (κ1) is 17.0. The average Bonchev–Trinajstić information content (AvgIpc) is 3.33.